The number of benzene rings is 2. The third-order valence-electron chi connectivity index (χ3n) is 3.94. The first-order valence-electron chi connectivity index (χ1n) is 6.81. The van der Waals surface area contributed by atoms with Gasteiger partial charge < -0.3 is 20.6 Å². The van der Waals surface area contributed by atoms with Crippen LogP contribution in [-0.4, -0.2) is 28.4 Å². The minimum absolute atomic E-state index is 0.132. The molecular weight excluding hydrogens is 290 g/mol. The van der Waals surface area contributed by atoms with Gasteiger partial charge in [-0.1, -0.05) is 29.8 Å². The van der Waals surface area contributed by atoms with Crippen LogP contribution in [-0.2, 0) is 6.42 Å². The summed E-state index contributed by atoms with van der Waals surface area (Å²) in [7, 11) is 0. The molecule has 0 aliphatic carbocycles. The molecule has 0 fully saturated rings. The van der Waals surface area contributed by atoms with Gasteiger partial charge in [0.2, 0.25) is 0 Å². The molecule has 0 aromatic heterocycles. The minimum atomic E-state index is -0.284. The van der Waals surface area contributed by atoms with E-state index in [4.69, 9.17) is 11.6 Å². The van der Waals surface area contributed by atoms with Crippen molar-refractivity contribution in [1.29, 1.82) is 0 Å². The Morgan fingerprint density at radius 3 is 2.57 bits per heavy atom. The van der Waals surface area contributed by atoms with Crippen molar-refractivity contribution in [2.45, 2.75) is 12.3 Å². The molecule has 0 amide bonds. The minimum Gasteiger partial charge on any atom is -0.508 e. The summed E-state index contributed by atoms with van der Waals surface area (Å²) < 4.78 is 0. The molecule has 0 bridgehead atoms. The summed E-state index contributed by atoms with van der Waals surface area (Å²) in [4.78, 5) is 0. The fraction of sp³-hybridized carbons (Fsp3) is 0.250. The first kappa shape index (κ1) is 14.0. The molecule has 1 atom stereocenters. The van der Waals surface area contributed by atoms with E-state index < -0.39 is 0 Å². The smallest absolute Gasteiger partial charge is 0.176 e. The highest BCUT2D eigenvalue weighted by Crippen LogP contribution is 2.43. The van der Waals surface area contributed by atoms with Crippen LogP contribution < -0.4 is 5.32 Å². The molecule has 0 spiro atoms. The van der Waals surface area contributed by atoms with Crippen LogP contribution in [0, 0.1) is 0 Å². The average Bonchev–Trinajstić information content (AvgIpc) is 2.68. The van der Waals surface area contributed by atoms with Gasteiger partial charge in [-0.15, -0.1) is 0 Å². The van der Waals surface area contributed by atoms with Gasteiger partial charge in [0, 0.05) is 18.0 Å². The summed E-state index contributed by atoms with van der Waals surface area (Å²) in [5, 5.41) is 33.3. The van der Waals surface area contributed by atoms with Crippen molar-refractivity contribution in [3.8, 4) is 17.2 Å². The van der Waals surface area contributed by atoms with Gasteiger partial charge in [-0.2, -0.15) is 0 Å². The molecule has 2 aromatic carbocycles. The second kappa shape index (κ2) is 5.47. The van der Waals surface area contributed by atoms with Gasteiger partial charge in [-0.25, -0.2) is 0 Å². The maximum Gasteiger partial charge on any atom is 0.176 e. The lowest BCUT2D eigenvalue weighted by Crippen LogP contribution is -2.20. The lowest BCUT2D eigenvalue weighted by atomic mass is 9.87. The number of hydrogen-bond donors (Lipinski definition) is 4. The molecule has 0 saturated heterocycles. The van der Waals surface area contributed by atoms with E-state index in [0.29, 0.717) is 13.0 Å². The largest absolute Gasteiger partial charge is 0.508 e. The van der Waals surface area contributed by atoms with Gasteiger partial charge in [0.25, 0.3) is 0 Å². The zero-order valence-electron chi connectivity index (χ0n) is 11.3. The van der Waals surface area contributed by atoms with Crippen molar-refractivity contribution in [2.75, 3.05) is 13.1 Å². The number of fused-ring (bicyclic) bond motifs is 1. The van der Waals surface area contributed by atoms with Crippen molar-refractivity contribution in [2.24, 2.45) is 0 Å². The van der Waals surface area contributed by atoms with Crippen molar-refractivity contribution in [3.05, 3.63) is 52.0 Å². The van der Waals surface area contributed by atoms with E-state index in [2.05, 4.69) is 5.32 Å². The summed E-state index contributed by atoms with van der Waals surface area (Å²) in [6, 6.07) is 8.67. The monoisotopic (exact) mass is 305 g/mol. The maximum atomic E-state index is 10.1. The van der Waals surface area contributed by atoms with E-state index in [1.807, 2.05) is 12.1 Å². The van der Waals surface area contributed by atoms with E-state index in [1.54, 1.807) is 18.2 Å². The summed E-state index contributed by atoms with van der Waals surface area (Å²) in [5.41, 5.74) is 2.42. The van der Waals surface area contributed by atoms with Crippen molar-refractivity contribution in [3.63, 3.8) is 0 Å². The van der Waals surface area contributed by atoms with Gasteiger partial charge in [0.15, 0.2) is 11.5 Å². The topological polar surface area (TPSA) is 72.7 Å². The number of para-hydroxylation sites is 1. The molecule has 1 heterocycles. The fourth-order valence-electron chi connectivity index (χ4n) is 2.88. The normalized spacial score (nSPS) is 18.0. The Balaban J connectivity index is 2.20. The van der Waals surface area contributed by atoms with Crippen molar-refractivity contribution < 1.29 is 15.3 Å². The third kappa shape index (κ3) is 2.41. The Bertz CT molecular complexity index is 687. The predicted molar refractivity (Wildman–Crippen MR) is 81.3 cm³/mol. The molecule has 1 aliphatic heterocycles. The lowest BCUT2D eigenvalue weighted by Gasteiger charge is -2.20. The average molecular weight is 306 g/mol. The zero-order chi connectivity index (χ0) is 15.0. The molecular formula is C16H16ClNO3. The van der Waals surface area contributed by atoms with Crippen LogP contribution in [0.5, 0.6) is 17.2 Å². The number of rotatable bonds is 1. The summed E-state index contributed by atoms with van der Waals surface area (Å²) in [5.74, 6) is -0.442. The number of nitrogens with one attached hydrogen (secondary N) is 1. The Hall–Kier alpha value is -1.91. The van der Waals surface area contributed by atoms with Gasteiger partial charge in [-0.3, -0.25) is 0 Å². The Morgan fingerprint density at radius 2 is 1.81 bits per heavy atom. The highest BCUT2D eigenvalue weighted by atomic mass is 35.5. The first-order chi connectivity index (χ1) is 10.1. The van der Waals surface area contributed by atoms with E-state index >= 15 is 0 Å². The molecule has 1 aliphatic rings. The number of phenolic OH excluding ortho intramolecular Hbond substituents is 3. The lowest BCUT2D eigenvalue weighted by molar-refractivity contribution is 0.402. The molecule has 5 heteroatoms. The highest BCUT2D eigenvalue weighted by molar-refractivity contribution is 6.33. The summed E-state index contributed by atoms with van der Waals surface area (Å²) in [6.07, 6.45) is 0.659. The quantitative estimate of drug-likeness (QED) is 0.611. The van der Waals surface area contributed by atoms with Crippen molar-refractivity contribution in [1.82, 2.24) is 5.32 Å². The van der Waals surface area contributed by atoms with E-state index in [1.165, 1.54) is 0 Å². The SMILES string of the molecule is Oc1ccccc1C1CNCCc2c1cc(O)c(O)c2Cl. The van der Waals surface area contributed by atoms with Crippen LogP contribution in [0.3, 0.4) is 0 Å². The molecule has 4 nitrogen and oxygen atoms in total. The Kier molecular flexibility index (Phi) is 3.66. The number of hydrogen-bond acceptors (Lipinski definition) is 4. The van der Waals surface area contributed by atoms with Crippen LogP contribution in [0.4, 0.5) is 0 Å². The maximum absolute atomic E-state index is 10.1. The third-order valence-corrected chi connectivity index (χ3v) is 4.35. The predicted octanol–water partition coefficient (Wildman–Crippen LogP) is 2.73. The molecule has 4 N–H and O–H groups in total. The van der Waals surface area contributed by atoms with Crippen LogP contribution >= 0.6 is 11.6 Å². The summed E-state index contributed by atoms with van der Waals surface area (Å²) >= 11 is 6.18. The van der Waals surface area contributed by atoms with Crippen LogP contribution in [0.25, 0.3) is 0 Å². The van der Waals surface area contributed by atoms with Gasteiger partial charge in [0.1, 0.15) is 5.75 Å². The molecule has 2 aromatic rings. The van der Waals surface area contributed by atoms with Crippen molar-refractivity contribution >= 4 is 11.6 Å². The number of phenols is 3. The molecule has 3 rings (SSSR count). The van der Waals surface area contributed by atoms with E-state index in [-0.39, 0.29) is 28.2 Å². The zero-order valence-corrected chi connectivity index (χ0v) is 12.1. The Morgan fingerprint density at radius 1 is 1.05 bits per heavy atom. The standard InChI is InChI=1S/C16H16ClNO3/c17-15-10-5-6-18-8-12(9-3-1-2-4-13(9)19)11(10)7-14(20)16(15)21/h1-4,7,12,18-21H,5-6,8H2. The van der Waals surface area contributed by atoms with Gasteiger partial charge >= 0.3 is 0 Å². The molecule has 1 unspecified atom stereocenters. The molecule has 0 radical (unpaired) electrons. The van der Waals surface area contributed by atoms with Gasteiger partial charge in [-0.05, 0) is 36.2 Å². The second-order valence-corrected chi connectivity index (χ2v) is 5.57. The van der Waals surface area contributed by atoms with Crippen LogP contribution in [0.2, 0.25) is 5.02 Å². The van der Waals surface area contributed by atoms with Crippen LogP contribution in [0.1, 0.15) is 22.6 Å². The fourth-order valence-corrected chi connectivity index (χ4v) is 3.18. The molecule has 0 saturated carbocycles. The molecule has 21 heavy (non-hydrogen) atoms. The van der Waals surface area contributed by atoms with Gasteiger partial charge in [0.05, 0.1) is 5.02 Å². The first-order valence-corrected chi connectivity index (χ1v) is 7.19. The number of halogens is 1. The van der Waals surface area contributed by atoms with E-state index in [9.17, 15) is 15.3 Å². The molecule has 110 valence electrons. The second-order valence-electron chi connectivity index (χ2n) is 5.19. The van der Waals surface area contributed by atoms with E-state index in [0.717, 1.165) is 23.2 Å². The highest BCUT2D eigenvalue weighted by Gasteiger charge is 2.26. The number of aromatic hydroxyl groups is 3. The summed E-state index contributed by atoms with van der Waals surface area (Å²) in [6.45, 7) is 1.35. The Labute approximate surface area is 127 Å². The van der Waals surface area contributed by atoms with Crippen LogP contribution in [0.15, 0.2) is 30.3 Å².